The number of Topliss-reactive ketones (excluding diaryl/α,β-unsaturated/α-hetero) is 1. The molecule has 0 aromatic heterocycles. The Labute approximate surface area is 150 Å². The number of rotatable bonds is 6. The highest BCUT2D eigenvalue weighted by Gasteiger charge is 2.25. The number of ketones is 1. The number of amides is 1. The molecule has 0 saturated carbocycles. The van der Waals surface area contributed by atoms with E-state index >= 15 is 0 Å². The predicted molar refractivity (Wildman–Crippen MR) is 92.9 cm³/mol. The first-order chi connectivity index (χ1) is 11.1. The fraction of sp³-hybridized carbons (Fsp3) is 0.471. The van der Waals surface area contributed by atoms with Gasteiger partial charge >= 0.3 is 12.1 Å². The molecule has 1 amide bonds. The molecule has 0 fully saturated rings. The summed E-state index contributed by atoms with van der Waals surface area (Å²) in [6.07, 6.45) is -0.508. The number of methoxy groups -OCH3 is 1. The van der Waals surface area contributed by atoms with Gasteiger partial charge in [0.15, 0.2) is 5.78 Å². The molecule has 1 N–H and O–H groups in total. The van der Waals surface area contributed by atoms with Gasteiger partial charge in [-0.3, -0.25) is 4.79 Å². The van der Waals surface area contributed by atoms with E-state index in [0.717, 1.165) is 4.47 Å². The molecule has 1 atom stereocenters. The van der Waals surface area contributed by atoms with Gasteiger partial charge in [-0.05, 0) is 39.3 Å². The number of ether oxygens (including phenoxy) is 2. The van der Waals surface area contributed by atoms with Crippen molar-refractivity contribution in [2.75, 3.05) is 7.11 Å². The molecule has 6 nitrogen and oxygen atoms in total. The van der Waals surface area contributed by atoms with E-state index < -0.39 is 23.7 Å². The summed E-state index contributed by atoms with van der Waals surface area (Å²) in [6.45, 7) is 5.16. The number of hydrogen-bond donors (Lipinski definition) is 1. The molecule has 0 aliphatic carbocycles. The Balaban J connectivity index is 2.66. The number of nitrogens with one attached hydrogen (secondary N) is 1. The third-order valence-corrected chi connectivity index (χ3v) is 3.53. The summed E-state index contributed by atoms with van der Waals surface area (Å²) >= 11 is 3.30. The summed E-state index contributed by atoms with van der Waals surface area (Å²) in [5.74, 6) is -0.744. The van der Waals surface area contributed by atoms with Gasteiger partial charge in [-0.1, -0.05) is 28.1 Å². The number of alkyl carbamates (subject to hydrolysis) is 1. The number of esters is 1. The highest BCUT2D eigenvalue weighted by molar-refractivity contribution is 9.10. The van der Waals surface area contributed by atoms with Crippen LogP contribution in [-0.2, 0) is 14.3 Å². The standard InChI is InChI=1S/C17H22BrNO5/c1-17(2,3)24-16(22)19-13(15(21)23-4)9-10-14(20)11-5-7-12(18)8-6-11/h5-8,13H,9-10H2,1-4H3,(H,19,22)/t13-/m0/s1. The molecule has 1 aromatic rings. The van der Waals surface area contributed by atoms with Crippen LogP contribution in [-0.4, -0.2) is 36.6 Å². The summed E-state index contributed by atoms with van der Waals surface area (Å²) < 4.78 is 10.7. The highest BCUT2D eigenvalue weighted by Crippen LogP contribution is 2.14. The fourth-order valence-electron chi connectivity index (χ4n) is 1.90. The Morgan fingerprint density at radius 1 is 1.17 bits per heavy atom. The highest BCUT2D eigenvalue weighted by atomic mass is 79.9. The van der Waals surface area contributed by atoms with Crippen molar-refractivity contribution < 1.29 is 23.9 Å². The first-order valence-electron chi connectivity index (χ1n) is 7.48. The average molecular weight is 400 g/mol. The number of halogens is 1. The van der Waals surface area contributed by atoms with Crippen LogP contribution in [0.25, 0.3) is 0 Å². The smallest absolute Gasteiger partial charge is 0.408 e. The van der Waals surface area contributed by atoms with Crippen molar-refractivity contribution in [3.8, 4) is 0 Å². The van der Waals surface area contributed by atoms with Gasteiger partial charge in [0, 0.05) is 16.5 Å². The second-order valence-electron chi connectivity index (χ2n) is 6.19. The average Bonchev–Trinajstić information content (AvgIpc) is 2.49. The summed E-state index contributed by atoms with van der Waals surface area (Å²) in [5, 5.41) is 2.44. The van der Waals surface area contributed by atoms with Crippen molar-refractivity contribution in [3.05, 3.63) is 34.3 Å². The number of carbonyl (C=O) groups is 3. The Bertz CT molecular complexity index is 592. The van der Waals surface area contributed by atoms with E-state index in [4.69, 9.17) is 4.74 Å². The minimum Gasteiger partial charge on any atom is -0.467 e. The molecule has 0 bridgehead atoms. The molecule has 0 aliphatic rings. The lowest BCUT2D eigenvalue weighted by Crippen LogP contribution is -2.44. The SMILES string of the molecule is COC(=O)[C@H](CCC(=O)c1ccc(Br)cc1)NC(=O)OC(C)(C)C. The molecule has 7 heteroatoms. The third kappa shape index (κ3) is 7.12. The van der Waals surface area contributed by atoms with Crippen molar-refractivity contribution in [1.82, 2.24) is 5.32 Å². The van der Waals surface area contributed by atoms with Gasteiger partial charge in [0.2, 0.25) is 0 Å². The first kappa shape index (κ1) is 20.2. The first-order valence-corrected chi connectivity index (χ1v) is 8.28. The van der Waals surface area contributed by atoms with E-state index in [1.165, 1.54) is 7.11 Å². The molecule has 1 rings (SSSR count). The minimum absolute atomic E-state index is 0.0944. The largest absolute Gasteiger partial charge is 0.467 e. The van der Waals surface area contributed by atoms with E-state index in [2.05, 4.69) is 26.0 Å². The van der Waals surface area contributed by atoms with Crippen LogP contribution < -0.4 is 5.32 Å². The van der Waals surface area contributed by atoms with E-state index in [0.29, 0.717) is 5.56 Å². The summed E-state index contributed by atoms with van der Waals surface area (Å²) in [6, 6.07) is 5.99. The van der Waals surface area contributed by atoms with E-state index in [9.17, 15) is 14.4 Å². The molecule has 132 valence electrons. The fourth-order valence-corrected chi connectivity index (χ4v) is 2.16. The van der Waals surface area contributed by atoms with Gasteiger partial charge < -0.3 is 14.8 Å². The normalized spacial score (nSPS) is 12.2. The Kier molecular flexibility index (Phi) is 7.41. The minimum atomic E-state index is -0.941. The van der Waals surface area contributed by atoms with Crippen molar-refractivity contribution in [3.63, 3.8) is 0 Å². The number of benzene rings is 1. The molecule has 0 saturated heterocycles. The molecule has 0 radical (unpaired) electrons. The topological polar surface area (TPSA) is 81.7 Å². The van der Waals surface area contributed by atoms with Crippen LogP contribution in [0.2, 0.25) is 0 Å². The molecule has 0 heterocycles. The van der Waals surface area contributed by atoms with Crippen LogP contribution >= 0.6 is 15.9 Å². The Morgan fingerprint density at radius 2 is 1.75 bits per heavy atom. The Morgan fingerprint density at radius 3 is 2.25 bits per heavy atom. The molecule has 24 heavy (non-hydrogen) atoms. The van der Waals surface area contributed by atoms with Gasteiger partial charge in [0.1, 0.15) is 11.6 Å². The lowest BCUT2D eigenvalue weighted by Gasteiger charge is -2.22. The summed E-state index contributed by atoms with van der Waals surface area (Å²) in [7, 11) is 1.22. The summed E-state index contributed by atoms with van der Waals surface area (Å²) in [5.41, 5.74) is -0.142. The van der Waals surface area contributed by atoms with E-state index in [1.807, 2.05) is 0 Å². The quantitative estimate of drug-likeness (QED) is 0.584. The molecule has 0 aliphatic heterocycles. The van der Waals surface area contributed by atoms with Crippen molar-refractivity contribution >= 4 is 33.8 Å². The molecule has 0 spiro atoms. The monoisotopic (exact) mass is 399 g/mol. The van der Waals surface area contributed by atoms with Crippen LogP contribution in [0.1, 0.15) is 44.0 Å². The maximum atomic E-state index is 12.2. The lowest BCUT2D eigenvalue weighted by atomic mass is 10.0. The Hall–Kier alpha value is -1.89. The number of hydrogen-bond acceptors (Lipinski definition) is 5. The number of carbonyl (C=O) groups excluding carboxylic acids is 3. The molecule has 1 aromatic carbocycles. The van der Waals surface area contributed by atoms with Crippen molar-refractivity contribution in [2.45, 2.75) is 45.3 Å². The zero-order valence-electron chi connectivity index (χ0n) is 14.2. The molecular formula is C17H22BrNO5. The van der Waals surface area contributed by atoms with Crippen LogP contribution in [0.15, 0.2) is 28.7 Å². The van der Waals surface area contributed by atoms with E-state index in [-0.39, 0.29) is 18.6 Å². The van der Waals surface area contributed by atoms with Gasteiger partial charge in [-0.15, -0.1) is 0 Å². The lowest BCUT2D eigenvalue weighted by molar-refractivity contribution is -0.143. The van der Waals surface area contributed by atoms with Crippen LogP contribution in [0, 0.1) is 0 Å². The summed E-state index contributed by atoms with van der Waals surface area (Å²) in [4.78, 5) is 35.8. The van der Waals surface area contributed by atoms with Crippen LogP contribution in [0.3, 0.4) is 0 Å². The van der Waals surface area contributed by atoms with Gasteiger partial charge in [-0.25, -0.2) is 9.59 Å². The van der Waals surface area contributed by atoms with Gasteiger partial charge in [0.05, 0.1) is 7.11 Å². The second kappa shape index (κ2) is 8.82. The molecular weight excluding hydrogens is 378 g/mol. The van der Waals surface area contributed by atoms with Gasteiger partial charge in [-0.2, -0.15) is 0 Å². The van der Waals surface area contributed by atoms with Crippen molar-refractivity contribution in [2.24, 2.45) is 0 Å². The van der Waals surface area contributed by atoms with Crippen molar-refractivity contribution in [1.29, 1.82) is 0 Å². The zero-order valence-corrected chi connectivity index (χ0v) is 15.8. The van der Waals surface area contributed by atoms with E-state index in [1.54, 1.807) is 45.0 Å². The van der Waals surface area contributed by atoms with Gasteiger partial charge in [0.25, 0.3) is 0 Å². The zero-order chi connectivity index (χ0) is 18.3. The maximum Gasteiger partial charge on any atom is 0.408 e. The van der Waals surface area contributed by atoms with Crippen LogP contribution in [0.4, 0.5) is 4.79 Å². The predicted octanol–water partition coefficient (Wildman–Crippen LogP) is 3.48. The van der Waals surface area contributed by atoms with Crippen LogP contribution in [0.5, 0.6) is 0 Å². The third-order valence-electron chi connectivity index (χ3n) is 3.00. The second-order valence-corrected chi connectivity index (χ2v) is 7.11. The molecule has 0 unspecified atom stereocenters. The maximum absolute atomic E-state index is 12.2.